The Morgan fingerprint density at radius 1 is 1.33 bits per heavy atom. The van der Waals surface area contributed by atoms with Crippen molar-refractivity contribution in [3.63, 3.8) is 0 Å². The Hall–Kier alpha value is -1.63. The topological polar surface area (TPSA) is 87.2 Å². The summed E-state index contributed by atoms with van der Waals surface area (Å²) in [6.45, 7) is 0.656. The maximum atomic E-state index is 12.4. The quantitative estimate of drug-likeness (QED) is 0.711. The summed E-state index contributed by atoms with van der Waals surface area (Å²) in [5, 5.41) is 9.68. The van der Waals surface area contributed by atoms with Crippen molar-refractivity contribution in [2.75, 3.05) is 26.7 Å². The van der Waals surface area contributed by atoms with E-state index in [1.54, 1.807) is 4.90 Å². The van der Waals surface area contributed by atoms with Gasteiger partial charge in [0.25, 0.3) is 0 Å². The van der Waals surface area contributed by atoms with Gasteiger partial charge in [0.15, 0.2) is 0 Å². The molecule has 0 radical (unpaired) electrons. The summed E-state index contributed by atoms with van der Waals surface area (Å²) >= 11 is 0. The van der Waals surface area contributed by atoms with Crippen molar-refractivity contribution >= 4 is 17.8 Å². The Balaban J connectivity index is 2.00. The van der Waals surface area contributed by atoms with Crippen molar-refractivity contribution < 1.29 is 24.2 Å². The summed E-state index contributed by atoms with van der Waals surface area (Å²) in [6.07, 6.45) is 2.67. The number of rotatable bonds is 3. The lowest BCUT2D eigenvalue weighted by atomic mass is 10.2. The number of amides is 2. The number of ether oxygens (including phenoxy) is 1. The van der Waals surface area contributed by atoms with E-state index >= 15 is 0 Å². The van der Waals surface area contributed by atoms with Crippen LogP contribution in [-0.2, 0) is 19.1 Å². The Kier molecular flexibility index (Phi) is 5.17. The number of aliphatic hydroxyl groups is 1. The molecule has 21 heavy (non-hydrogen) atoms. The summed E-state index contributed by atoms with van der Waals surface area (Å²) in [5.41, 5.74) is 0. The van der Waals surface area contributed by atoms with Gasteiger partial charge in [0, 0.05) is 25.9 Å². The van der Waals surface area contributed by atoms with E-state index in [4.69, 9.17) is 0 Å². The van der Waals surface area contributed by atoms with Crippen molar-refractivity contribution in [3.05, 3.63) is 0 Å². The van der Waals surface area contributed by atoms with E-state index in [2.05, 4.69) is 4.74 Å². The van der Waals surface area contributed by atoms with E-state index in [0.29, 0.717) is 13.0 Å². The fourth-order valence-electron chi connectivity index (χ4n) is 2.91. The monoisotopic (exact) mass is 298 g/mol. The molecule has 118 valence electrons. The van der Waals surface area contributed by atoms with E-state index in [-0.39, 0.29) is 31.3 Å². The van der Waals surface area contributed by atoms with Crippen LogP contribution in [0.2, 0.25) is 0 Å². The van der Waals surface area contributed by atoms with Crippen molar-refractivity contribution in [1.82, 2.24) is 9.80 Å². The van der Waals surface area contributed by atoms with Gasteiger partial charge in [-0.1, -0.05) is 6.42 Å². The summed E-state index contributed by atoms with van der Waals surface area (Å²) in [5.74, 6) is -0.852. The number of hydrogen-bond donors (Lipinski definition) is 1. The second kappa shape index (κ2) is 6.89. The molecule has 7 nitrogen and oxygen atoms in total. The van der Waals surface area contributed by atoms with Gasteiger partial charge in [0.05, 0.1) is 19.8 Å². The van der Waals surface area contributed by atoms with Crippen LogP contribution in [0.1, 0.15) is 32.1 Å². The van der Waals surface area contributed by atoms with Crippen molar-refractivity contribution in [3.8, 4) is 0 Å². The number of esters is 1. The molecule has 0 aromatic heterocycles. The first kappa shape index (κ1) is 15.8. The SMILES string of the molecule is COC(=O)C1CC(O)CN1C(=O)CN1CCCCCC1=O. The van der Waals surface area contributed by atoms with E-state index in [0.717, 1.165) is 19.3 Å². The van der Waals surface area contributed by atoms with Crippen LogP contribution in [0.5, 0.6) is 0 Å². The lowest BCUT2D eigenvalue weighted by Crippen LogP contribution is -2.47. The van der Waals surface area contributed by atoms with Crippen molar-refractivity contribution in [1.29, 1.82) is 0 Å². The predicted octanol–water partition coefficient (Wildman–Crippen LogP) is -0.476. The minimum absolute atomic E-state index is 0.0183. The van der Waals surface area contributed by atoms with Crippen LogP contribution in [0.3, 0.4) is 0 Å². The normalized spacial score (nSPS) is 26.7. The lowest BCUT2D eigenvalue weighted by molar-refractivity contribution is -0.152. The summed E-state index contributed by atoms with van der Waals surface area (Å²) in [4.78, 5) is 38.8. The van der Waals surface area contributed by atoms with Gasteiger partial charge >= 0.3 is 5.97 Å². The van der Waals surface area contributed by atoms with E-state index in [1.165, 1.54) is 12.0 Å². The molecule has 2 aliphatic heterocycles. The molecule has 2 aliphatic rings. The highest BCUT2D eigenvalue weighted by Gasteiger charge is 2.40. The summed E-state index contributed by atoms with van der Waals surface area (Å²) in [6, 6.07) is -0.750. The molecular formula is C14H22N2O5. The molecule has 2 rings (SSSR count). The fraction of sp³-hybridized carbons (Fsp3) is 0.786. The number of likely N-dealkylation sites (tertiary alicyclic amines) is 2. The van der Waals surface area contributed by atoms with Crippen LogP contribution in [0.4, 0.5) is 0 Å². The van der Waals surface area contributed by atoms with Crippen LogP contribution in [0, 0.1) is 0 Å². The highest BCUT2D eigenvalue weighted by Crippen LogP contribution is 2.20. The maximum Gasteiger partial charge on any atom is 0.328 e. The number of carbonyl (C=O) groups is 3. The van der Waals surface area contributed by atoms with Gasteiger partial charge in [-0.05, 0) is 12.8 Å². The van der Waals surface area contributed by atoms with Crippen LogP contribution in [0.15, 0.2) is 0 Å². The van der Waals surface area contributed by atoms with Crippen LogP contribution < -0.4 is 0 Å². The Morgan fingerprint density at radius 3 is 2.81 bits per heavy atom. The van der Waals surface area contributed by atoms with Crippen LogP contribution >= 0.6 is 0 Å². The number of β-amino-alcohol motifs (C(OH)–C–C–N with tert-alkyl or cyclic N) is 1. The van der Waals surface area contributed by atoms with Gasteiger partial charge in [-0.15, -0.1) is 0 Å². The van der Waals surface area contributed by atoms with Gasteiger partial charge in [0.1, 0.15) is 6.04 Å². The number of carbonyl (C=O) groups excluding carboxylic acids is 3. The second-order valence-corrected chi connectivity index (χ2v) is 5.60. The Labute approximate surface area is 123 Å². The molecule has 0 aromatic rings. The van der Waals surface area contributed by atoms with Gasteiger partial charge in [0.2, 0.25) is 11.8 Å². The third kappa shape index (κ3) is 3.72. The maximum absolute atomic E-state index is 12.4. The zero-order valence-electron chi connectivity index (χ0n) is 12.3. The Bertz CT molecular complexity index is 426. The van der Waals surface area contributed by atoms with Crippen LogP contribution in [0.25, 0.3) is 0 Å². The second-order valence-electron chi connectivity index (χ2n) is 5.60. The first-order valence-corrected chi connectivity index (χ1v) is 7.36. The Morgan fingerprint density at radius 2 is 2.10 bits per heavy atom. The van der Waals surface area contributed by atoms with Gasteiger partial charge < -0.3 is 19.6 Å². The minimum atomic E-state index is -0.750. The third-order valence-corrected chi connectivity index (χ3v) is 4.07. The number of methoxy groups -OCH3 is 1. The average molecular weight is 298 g/mol. The smallest absolute Gasteiger partial charge is 0.328 e. The average Bonchev–Trinajstić information content (AvgIpc) is 2.75. The van der Waals surface area contributed by atoms with Gasteiger partial charge in [-0.2, -0.15) is 0 Å². The first-order chi connectivity index (χ1) is 10.0. The minimum Gasteiger partial charge on any atom is -0.467 e. The van der Waals surface area contributed by atoms with E-state index in [1.807, 2.05) is 0 Å². The molecule has 0 bridgehead atoms. The summed E-state index contributed by atoms with van der Waals surface area (Å²) < 4.78 is 4.67. The molecule has 2 unspecified atom stereocenters. The number of aliphatic hydroxyl groups excluding tert-OH is 1. The number of nitrogens with zero attached hydrogens (tertiary/aromatic N) is 2. The molecule has 0 aliphatic carbocycles. The molecule has 2 atom stereocenters. The first-order valence-electron chi connectivity index (χ1n) is 7.36. The molecule has 7 heteroatoms. The highest BCUT2D eigenvalue weighted by molar-refractivity contribution is 5.89. The molecule has 2 heterocycles. The molecule has 0 spiro atoms. The van der Waals surface area contributed by atoms with Crippen LogP contribution in [-0.4, -0.2) is 71.6 Å². The summed E-state index contributed by atoms with van der Waals surface area (Å²) in [7, 11) is 1.26. The van der Waals surface area contributed by atoms with Crippen molar-refractivity contribution in [2.24, 2.45) is 0 Å². The molecular weight excluding hydrogens is 276 g/mol. The zero-order chi connectivity index (χ0) is 15.4. The van der Waals surface area contributed by atoms with Gasteiger partial charge in [-0.3, -0.25) is 9.59 Å². The van der Waals surface area contributed by atoms with E-state index < -0.39 is 18.1 Å². The van der Waals surface area contributed by atoms with Crippen molar-refractivity contribution in [2.45, 2.75) is 44.2 Å². The molecule has 0 saturated carbocycles. The largest absolute Gasteiger partial charge is 0.467 e. The zero-order valence-corrected chi connectivity index (χ0v) is 12.3. The molecule has 2 saturated heterocycles. The predicted molar refractivity (Wildman–Crippen MR) is 73.2 cm³/mol. The number of hydrogen-bond acceptors (Lipinski definition) is 5. The standard InChI is InChI=1S/C14H22N2O5/c1-21-14(20)11-7-10(17)8-16(11)13(19)9-15-6-4-2-3-5-12(15)18/h10-11,17H,2-9H2,1H3. The van der Waals surface area contributed by atoms with Gasteiger partial charge in [-0.25, -0.2) is 4.79 Å². The fourth-order valence-corrected chi connectivity index (χ4v) is 2.91. The third-order valence-electron chi connectivity index (χ3n) is 4.07. The lowest BCUT2D eigenvalue weighted by Gasteiger charge is -2.26. The molecule has 1 N–H and O–H groups in total. The molecule has 2 amide bonds. The molecule has 2 fully saturated rings. The molecule has 0 aromatic carbocycles. The van der Waals surface area contributed by atoms with E-state index in [9.17, 15) is 19.5 Å². The highest BCUT2D eigenvalue weighted by atomic mass is 16.5.